The number of carbonyl (C=O) groups is 1. The minimum Gasteiger partial charge on any atom is -0.490 e. The van der Waals surface area contributed by atoms with Gasteiger partial charge < -0.3 is 20.7 Å². The summed E-state index contributed by atoms with van der Waals surface area (Å²) in [5.74, 6) is 1.11. The van der Waals surface area contributed by atoms with E-state index in [4.69, 9.17) is 15.9 Å². The zero-order valence-electron chi connectivity index (χ0n) is 23.1. The van der Waals surface area contributed by atoms with Gasteiger partial charge in [-0.3, -0.25) is 10.2 Å². The molecule has 0 aromatic heterocycles. The lowest BCUT2D eigenvalue weighted by atomic mass is 9.88. The first-order valence-electron chi connectivity index (χ1n) is 14.2. The molecule has 1 aliphatic heterocycles. The highest BCUT2D eigenvalue weighted by Gasteiger charge is 2.29. The van der Waals surface area contributed by atoms with Gasteiger partial charge in [0.25, 0.3) is 5.91 Å². The van der Waals surface area contributed by atoms with Crippen LogP contribution in [0.2, 0.25) is 0 Å². The molecule has 0 radical (unpaired) electrons. The van der Waals surface area contributed by atoms with E-state index in [1.54, 1.807) is 18.2 Å². The molecule has 39 heavy (non-hydrogen) atoms. The van der Waals surface area contributed by atoms with Crippen LogP contribution in [-0.4, -0.2) is 42.8 Å². The van der Waals surface area contributed by atoms with E-state index < -0.39 is 0 Å². The topological polar surface area (TPSA) is 91.4 Å². The summed E-state index contributed by atoms with van der Waals surface area (Å²) in [4.78, 5) is 15.9. The SMILES string of the molecule is Cc1ccccc1C(NC(=O)c1ccc(N)c(C(=N)c2ccc(OC3CCN(C)CC3)cc2)c1)C1CCCC1. The summed E-state index contributed by atoms with van der Waals surface area (Å²) in [6.45, 7) is 4.20. The third kappa shape index (κ3) is 6.34. The maximum atomic E-state index is 13.5. The van der Waals surface area contributed by atoms with Crippen molar-refractivity contribution in [3.63, 3.8) is 0 Å². The molecule has 6 heteroatoms. The molecule has 1 amide bonds. The van der Waals surface area contributed by atoms with Crippen LogP contribution in [0.5, 0.6) is 5.75 Å². The van der Waals surface area contributed by atoms with Crippen molar-refractivity contribution in [1.82, 2.24) is 10.2 Å². The summed E-state index contributed by atoms with van der Waals surface area (Å²) >= 11 is 0. The number of piperidine rings is 1. The van der Waals surface area contributed by atoms with E-state index in [-0.39, 0.29) is 18.1 Å². The van der Waals surface area contributed by atoms with Crippen molar-refractivity contribution in [2.75, 3.05) is 25.9 Å². The fourth-order valence-corrected chi connectivity index (χ4v) is 5.97. The van der Waals surface area contributed by atoms with Gasteiger partial charge in [-0.05, 0) is 99.2 Å². The van der Waals surface area contributed by atoms with Crippen LogP contribution >= 0.6 is 0 Å². The molecular formula is C33H40N4O2. The summed E-state index contributed by atoms with van der Waals surface area (Å²) in [5, 5.41) is 12.2. The smallest absolute Gasteiger partial charge is 0.251 e. The number of hydrogen-bond donors (Lipinski definition) is 3. The van der Waals surface area contributed by atoms with E-state index >= 15 is 0 Å². The van der Waals surface area contributed by atoms with Crippen molar-refractivity contribution in [2.24, 2.45) is 5.92 Å². The van der Waals surface area contributed by atoms with Gasteiger partial charge in [-0.25, -0.2) is 0 Å². The van der Waals surface area contributed by atoms with Crippen LogP contribution in [0.25, 0.3) is 0 Å². The number of ether oxygens (including phenoxy) is 1. The molecule has 1 unspecified atom stereocenters. The van der Waals surface area contributed by atoms with Crippen molar-refractivity contribution in [3.05, 3.63) is 94.5 Å². The monoisotopic (exact) mass is 524 g/mol. The van der Waals surface area contributed by atoms with E-state index in [0.717, 1.165) is 50.1 Å². The Morgan fingerprint density at radius 3 is 2.33 bits per heavy atom. The largest absolute Gasteiger partial charge is 0.490 e. The van der Waals surface area contributed by atoms with E-state index in [9.17, 15) is 4.79 Å². The molecule has 0 spiro atoms. The van der Waals surface area contributed by atoms with E-state index in [0.29, 0.717) is 28.4 Å². The Bertz CT molecular complexity index is 1310. The Hall–Kier alpha value is -3.64. The maximum Gasteiger partial charge on any atom is 0.251 e. The number of rotatable bonds is 8. The predicted octanol–water partition coefficient (Wildman–Crippen LogP) is 6.13. The van der Waals surface area contributed by atoms with Crippen LogP contribution < -0.4 is 15.8 Å². The summed E-state index contributed by atoms with van der Waals surface area (Å²) in [5.41, 5.74) is 11.3. The van der Waals surface area contributed by atoms with E-state index in [1.807, 2.05) is 36.4 Å². The Morgan fingerprint density at radius 1 is 0.974 bits per heavy atom. The molecule has 1 saturated carbocycles. The zero-order valence-corrected chi connectivity index (χ0v) is 23.1. The van der Waals surface area contributed by atoms with Gasteiger partial charge in [0, 0.05) is 35.5 Å². The molecule has 2 aliphatic rings. The van der Waals surface area contributed by atoms with Crippen LogP contribution in [0, 0.1) is 18.3 Å². The van der Waals surface area contributed by atoms with Gasteiger partial charge in [0.05, 0.1) is 11.8 Å². The number of nitrogen functional groups attached to an aromatic ring is 1. The quantitative estimate of drug-likeness (QED) is 0.244. The molecule has 5 rings (SSSR count). The standard InChI is InChI=1S/C33H40N4O2/c1-22-7-3-6-10-28(22)32(24-8-4-5-9-24)36-33(38)25-13-16-30(34)29(21-25)31(35)23-11-14-26(15-12-23)39-27-17-19-37(2)20-18-27/h3,6-7,10-16,21,24,27,32,35H,4-5,8-9,17-20,34H2,1-2H3,(H,36,38). The highest BCUT2D eigenvalue weighted by molar-refractivity contribution is 6.14. The number of likely N-dealkylation sites (tertiary alicyclic amines) is 1. The molecule has 1 atom stereocenters. The van der Waals surface area contributed by atoms with E-state index in [2.05, 4.69) is 36.3 Å². The highest BCUT2D eigenvalue weighted by atomic mass is 16.5. The minimum absolute atomic E-state index is 0.0289. The first kappa shape index (κ1) is 26.9. The Labute approximate surface area is 232 Å². The first-order chi connectivity index (χ1) is 18.9. The van der Waals surface area contributed by atoms with Gasteiger partial charge in [0.1, 0.15) is 11.9 Å². The van der Waals surface area contributed by atoms with Gasteiger partial charge >= 0.3 is 0 Å². The number of carbonyl (C=O) groups excluding carboxylic acids is 1. The van der Waals surface area contributed by atoms with Crippen molar-refractivity contribution in [2.45, 2.75) is 57.6 Å². The molecule has 1 heterocycles. The number of nitrogens with zero attached hydrogens (tertiary/aromatic N) is 1. The summed E-state index contributed by atoms with van der Waals surface area (Å²) in [6, 6.07) is 21.2. The van der Waals surface area contributed by atoms with Crippen LogP contribution in [0.4, 0.5) is 5.69 Å². The molecule has 2 fully saturated rings. The molecule has 6 nitrogen and oxygen atoms in total. The first-order valence-corrected chi connectivity index (χ1v) is 14.2. The lowest BCUT2D eigenvalue weighted by Crippen LogP contribution is -2.35. The molecule has 3 aromatic carbocycles. The van der Waals surface area contributed by atoms with Crippen LogP contribution in [0.1, 0.15) is 77.2 Å². The average molecular weight is 525 g/mol. The Balaban J connectivity index is 1.31. The Kier molecular flexibility index (Phi) is 8.32. The Morgan fingerprint density at radius 2 is 1.64 bits per heavy atom. The van der Waals surface area contributed by atoms with Crippen molar-refractivity contribution in [1.29, 1.82) is 5.41 Å². The number of anilines is 1. The maximum absolute atomic E-state index is 13.5. The second-order valence-corrected chi connectivity index (χ2v) is 11.2. The van der Waals surface area contributed by atoms with Gasteiger partial charge in [-0.1, -0.05) is 37.1 Å². The molecule has 0 bridgehead atoms. The number of hydrogen-bond acceptors (Lipinski definition) is 5. The minimum atomic E-state index is -0.133. The van der Waals surface area contributed by atoms with Crippen LogP contribution in [0.15, 0.2) is 66.7 Å². The molecule has 3 aromatic rings. The third-order valence-corrected chi connectivity index (χ3v) is 8.38. The van der Waals surface area contributed by atoms with Gasteiger partial charge in [0.2, 0.25) is 0 Å². The normalized spacial score (nSPS) is 17.6. The number of amides is 1. The van der Waals surface area contributed by atoms with Crippen molar-refractivity contribution in [3.8, 4) is 5.75 Å². The molecular weight excluding hydrogens is 484 g/mol. The number of benzene rings is 3. The third-order valence-electron chi connectivity index (χ3n) is 8.38. The summed E-state index contributed by atoms with van der Waals surface area (Å²) in [7, 11) is 2.14. The van der Waals surface area contributed by atoms with Crippen molar-refractivity contribution >= 4 is 17.3 Å². The molecule has 4 N–H and O–H groups in total. The van der Waals surface area contributed by atoms with E-state index in [1.165, 1.54) is 24.0 Å². The fraction of sp³-hybridized carbons (Fsp3) is 0.394. The highest BCUT2D eigenvalue weighted by Crippen LogP contribution is 2.37. The zero-order chi connectivity index (χ0) is 27.4. The molecule has 1 saturated heterocycles. The fourth-order valence-electron chi connectivity index (χ4n) is 5.97. The molecule has 204 valence electrons. The second kappa shape index (κ2) is 12.0. The van der Waals surface area contributed by atoms with Gasteiger partial charge in [0.15, 0.2) is 0 Å². The van der Waals surface area contributed by atoms with Crippen LogP contribution in [-0.2, 0) is 0 Å². The summed E-state index contributed by atoms with van der Waals surface area (Å²) < 4.78 is 6.17. The van der Waals surface area contributed by atoms with Crippen molar-refractivity contribution < 1.29 is 9.53 Å². The van der Waals surface area contributed by atoms with Gasteiger partial charge in [-0.15, -0.1) is 0 Å². The van der Waals surface area contributed by atoms with Gasteiger partial charge in [-0.2, -0.15) is 0 Å². The summed E-state index contributed by atoms with van der Waals surface area (Å²) in [6.07, 6.45) is 6.91. The predicted molar refractivity (Wildman–Crippen MR) is 158 cm³/mol. The number of nitrogens with two attached hydrogens (primary N) is 1. The number of aryl methyl sites for hydroxylation is 1. The lowest BCUT2D eigenvalue weighted by Gasteiger charge is -2.29. The number of nitrogens with one attached hydrogen (secondary N) is 2. The second-order valence-electron chi connectivity index (χ2n) is 11.2. The molecule has 1 aliphatic carbocycles. The van der Waals surface area contributed by atoms with Crippen LogP contribution in [0.3, 0.4) is 0 Å². The lowest BCUT2D eigenvalue weighted by molar-refractivity contribution is 0.0921. The average Bonchev–Trinajstić information content (AvgIpc) is 3.49.